The van der Waals surface area contributed by atoms with E-state index in [1.54, 1.807) is 12.1 Å². The van der Waals surface area contributed by atoms with Gasteiger partial charge in [0, 0.05) is 13.1 Å². The van der Waals surface area contributed by atoms with Crippen LogP contribution in [0.5, 0.6) is 17.2 Å². The number of rotatable bonds is 10. The smallest absolute Gasteiger partial charge is 0.255 e. The Kier molecular flexibility index (Phi) is 7.76. The Bertz CT molecular complexity index is 776. The number of carbonyl (C=O) groups excluding carboxylic acids is 1. The molecule has 0 atom stereocenters. The largest absolute Gasteiger partial charge is 0.493 e. The standard InChI is InChI=1S/C20H25ClN2O4/c1-13-6-14(2)8-16(7-13)26-5-4-23-11-15-9-17(21)20(18(10-15)25-3)27-12-19(22)24/h6-10,23H,4-5,11-12H2,1-3H3,(H2,22,24). The molecule has 2 rings (SSSR count). The fraction of sp³-hybridized carbons (Fsp3) is 0.350. The number of nitrogens with one attached hydrogen (secondary N) is 1. The van der Waals surface area contributed by atoms with Crippen LogP contribution in [0.3, 0.4) is 0 Å². The number of nitrogens with two attached hydrogens (primary N) is 1. The molecular weight excluding hydrogens is 368 g/mol. The van der Waals surface area contributed by atoms with Gasteiger partial charge in [-0.15, -0.1) is 0 Å². The number of ether oxygens (including phenoxy) is 3. The van der Waals surface area contributed by atoms with E-state index in [9.17, 15) is 4.79 Å². The van der Waals surface area contributed by atoms with E-state index < -0.39 is 5.91 Å². The van der Waals surface area contributed by atoms with E-state index in [1.165, 1.54) is 18.2 Å². The molecule has 0 aliphatic carbocycles. The molecule has 0 aliphatic rings. The molecule has 0 fully saturated rings. The average molecular weight is 393 g/mol. The van der Waals surface area contributed by atoms with Crippen molar-refractivity contribution in [3.05, 3.63) is 52.0 Å². The zero-order chi connectivity index (χ0) is 19.8. The zero-order valence-electron chi connectivity index (χ0n) is 15.8. The first-order valence-electron chi connectivity index (χ1n) is 8.58. The molecule has 0 unspecified atom stereocenters. The summed E-state index contributed by atoms with van der Waals surface area (Å²) in [7, 11) is 1.51. The molecule has 0 aliphatic heterocycles. The van der Waals surface area contributed by atoms with Crippen LogP contribution in [0, 0.1) is 13.8 Å². The molecular formula is C20H25ClN2O4. The van der Waals surface area contributed by atoms with E-state index in [2.05, 4.69) is 11.4 Å². The van der Waals surface area contributed by atoms with E-state index in [-0.39, 0.29) is 6.61 Å². The lowest BCUT2D eigenvalue weighted by Crippen LogP contribution is -2.21. The van der Waals surface area contributed by atoms with Gasteiger partial charge in [0.1, 0.15) is 12.4 Å². The number of primary amides is 1. The molecule has 0 saturated carbocycles. The Morgan fingerprint density at radius 1 is 1.11 bits per heavy atom. The first-order chi connectivity index (χ1) is 12.9. The molecule has 3 N–H and O–H groups in total. The van der Waals surface area contributed by atoms with Crippen LogP contribution in [0.2, 0.25) is 5.02 Å². The van der Waals surface area contributed by atoms with Crippen LogP contribution in [0.4, 0.5) is 0 Å². The predicted molar refractivity (Wildman–Crippen MR) is 106 cm³/mol. The van der Waals surface area contributed by atoms with Crippen molar-refractivity contribution in [1.82, 2.24) is 5.32 Å². The third kappa shape index (κ3) is 6.66. The summed E-state index contributed by atoms with van der Waals surface area (Å²) in [5.41, 5.74) is 8.38. The van der Waals surface area contributed by atoms with Gasteiger partial charge in [-0.2, -0.15) is 0 Å². The molecule has 0 saturated heterocycles. The van der Waals surface area contributed by atoms with Crippen molar-refractivity contribution < 1.29 is 19.0 Å². The van der Waals surface area contributed by atoms with Gasteiger partial charge in [0.05, 0.1) is 12.1 Å². The number of halogens is 1. The molecule has 6 nitrogen and oxygen atoms in total. The van der Waals surface area contributed by atoms with Crippen LogP contribution in [-0.2, 0) is 11.3 Å². The number of aryl methyl sites for hydroxylation is 2. The van der Waals surface area contributed by atoms with E-state index in [0.29, 0.717) is 36.2 Å². The predicted octanol–water partition coefficient (Wildman–Crippen LogP) is 3.00. The second-order valence-electron chi connectivity index (χ2n) is 6.21. The Morgan fingerprint density at radius 2 is 1.81 bits per heavy atom. The second kappa shape index (κ2) is 10.0. The van der Waals surface area contributed by atoms with Crippen LogP contribution in [0.15, 0.2) is 30.3 Å². The molecule has 0 aromatic heterocycles. The topological polar surface area (TPSA) is 82.8 Å². The van der Waals surface area contributed by atoms with E-state index in [4.69, 9.17) is 31.5 Å². The first-order valence-corrected chi connectivity index (χ1v) is 8.96. The zero-order valence-corrected chi connectivity index (χ0v) is 16.6. The number of hydrogen-bond acceptors (Lipinski definition) is 5. The Hall–Kier alpha value is -2.44. The van der Waals surface area contributed by atoms with Gasteiger partial charge in [-0.1, -0.05) is 17.7 Å². The molecule has 146 valence electrons. The molecule has 0 spiro atoms. The lowest BCUT2D eigenvalue weighted by Gasteiger charge is -2.14. The van der Waals surface area contributed by atoms with Gasteiger partial charge < -0.3 is 25.3 Å². The highest BCUT2D eigenvalue weighted by Gasteiger charge is 2.13. The van der Waals surface area contributed by atoms with E-state index in [1.807, 2.05) is 26.0 Å². The van der Waals surface area contributed by atoms with Crippen molar-refractivity contribution in [2.45, 2.75) is 20.4 Å². The van der Waals surface area contributed by atoms with Crippen molar-refractivity contribution in [2.24, 2.45) is 5.73 Å². The Labute approximate surface area is 164 Å². The van der Waals surface area contributed by atoms with Gasteiger partial charge in [0.15, 0.2) is 18.1 Å². The highest BCUT2D eigenvalue weighted by molar-refractivity contribution is 6.32. The molecule has 1 amide bonds. The van der Waals surface area contributed by atoms with Crippen LogP contribution < -0.4 is 25.3 Å². The lowest BCUT2D eigenvalue weighted by atomic mass is 10.1. The molecule has 27 heavy (non-hydrogen) atoms. The van der Waals surface area contributed by atoms with Gasteiger partial charge >= 0.3 is 0 Å². The average Bonchev–Trinajstić information content (AvgIpc) is 2.59. The van der Waals surface area contributed by atoms with Gasteiger partial charge in [-0.05, 0) is 54.8 Å². The van der Waals surface area contributed by atoms with Crippen molar-refractivity contribution in [3.8, 4) is 17.2 Å². The maximum absolute atomic E-state index is 10.9. The van der Waals surface area contributed by atoms with Gasteiger partial charge in [0.25, 0.3) is 5.91 Å². The monoisotopic (exact) mass is 392 g/mol. The summed E-state index contributed by atoms with van der Waals surface area (Å²) in [4.78, 5) is 10.9. The third-order valence-electron chi connectivity index (χ3n) is 3.72. The van der Waals surface area contributed by atoms with Crippen LogP contribution in [0.25, 0.3) is 0 Å². The SMILES string of the molecule is COc1cc(CNCCOc2cc(C)cc(C)c2)cc(Cl)c1OCC(N)=O. The van der Waals surface area contributed by atoms with Crippen molar-refractivity contribution in [1.29, 1.82) is 0 Å². The molecule has 7 heteroatoms. The first kappa shape index (κ1) is 20.9. The summed E-state index contributed by atoms with van der Waals surface area (Å²) < 4.78 is 16.4. The Morgan fingerprint density at radius 3 is 2.44 bits per heavy atom. The highest BCUT2D eigenvalue weighted by Crippen LogP contribution is 2.36. The van der Waals surface area contributed by atoms with Gasteiger partial charge in [0.2, 0.25) is 0 Å². The minimum atomic E-state index is -0.581. The summed E-state index contributed by atoms with van der Waals surface area (Å²) in [6, 6.07) is 9.71. The summed E-state index contributed by atoms with van der Waals surface area (Å²) in [6.07, 6.45) is 0. The summed E-state index contributed by atoms with van der Waals surface area (Å²) in [5.74, 6) is 1.05. The molecule has 2 aromatic rings. The number of benzene rings is 2. The van der Waals surface area contributed by atoms with Gasteiger partial charge in [-0.3, -0.25) is 4.79 Å². The fourth-order valence-corrected chi connectivity index (χ4v) is 2.94. The maximum atomic E-state index is 10.9. The summed E-state index contributed by atoms with van der Waals surface area (Å²) >= 11 is 6.24. The maximum Gasteiger partial charge on any atom is 0.255 e. The van der Waals surface area contributed by atoms with Crippen molar-refractivity contribution in [3.63, 3.8) is 0 Å². The van der Waals surface area contributed by atoms with Crippen LogP contribution >= 0.6 is 11.6 Å². The molecule has 0 bridgehead atoms. The number of amides is 1. The van der Waals surface area contributed by atoms with E-state index >= 15 is 0 Å². The Balaban J connectivity index is 1.86. The number of methoxy groups -OCH3 is 1. The van der Waals surface area contributed by atoms with Crippen molar-refractivity contribution >= 4 is 17.5 Å². The van der Waals surface area contributed by atoms with Crippen molar-refractivity contribution in [2.75, 3.05) is 26.9 Å². The minimum absolute atomic E-state index is 0.260. The second-order valence-corrected chi connectivity index (χ2v) is 6.62. The van der Waals surface area contributed by atoms with Crippen LogP contribution in [-0.4, -0.2) is 32.8 Å². The van der Waals surface area contributed by atoms with Crippen LogP contribution in [0.1, 0.15) is 16.7 Å². The third-order valence-corrected chi connectivity index (χ3v) is 4.00. The molecule has 0 radical (unpaired) electrons. The quantitative estimate of drug-likeness (QED) is 0.607. The minimum Gasteiger partial charge on any atom is -0.493 e. The highest BCUT2D eigenvalue weighted by atomic mass is 35.5. The molecule has 2 aromatic carbocycles. The molecule has 0 heterocycles. The van der Waals surface area contributed by atoms with E-state index in [0.717, 1.165) is 11.3 Å². The number of hydrogen-bond donors (Lipinski definition) is 2. The number of carbonyl (C=O) groups is 1. The summed E-state index contributed by atoms with van der Waals surface area (Å²) in [6.45, 7) is 5.64. The summed E-state index contributed by atoms with van der Waals surface area (Å²) in [5, 5.41) is 3.66. The van der Waals surface area contributed by atoms with Gasteiger partial charge in [-0.25, -0.2) is 0 Å². The lowest BCUT2D eigenvalue weighted by molar-refractivity contribution is -0.119. The normalized spacial score (nSPS) is 10.5. The fourth-order valence-electron chi connectivity index (χ4n) is 2.65.